The molecule has 1 aliphatic carbocycles. The topological polar surface area (TPSA) is 61.5 Å². The standard InChI is InChI=1S/C18H27NO3/c1-13(18(19)20)6-5-7-14-10-11-16(21-2)17(12-14)22-15-8-3-4-9-15/h10-13,15H,3-9H2,1-2H3,(H2,19,20). The number of hydrogen-bond donors (Lipinski definition) is 1. The molecule has 0 aromatic heterocycles. The van der Waals surface area contributed by atoms with E-state index in [0.717, 1.165) is 43.6 Å². The number of primary amides is 1. The molecule has 0 saturated heterocycles. The molecule has 1 amide bonds. The highest BCUT2D eigenvalue weighted by Gasteiger charge is 2.18. The van der Waals surface area contributed by atoms with Gasteiger partial charge in [0.1, 0.15) is 0 Å². The van der Waals surface area contributed by atoms with Crippen LogP contribution in [0.25, 0.3) is 0 Å². The van der Waals surface area contributed by atoms with Crippen molar-refractivity contribution >= 4 is 5.91 Å². The number of aryl methyl sites for hydroxylation is 1. The zero-order valence-corrected chi connectivity index (χ0v) is 13.6. The van der Waals surface area contributed by atoms with Gasteiger partial charge in [-0.15, -0.1) is 0 Å². The van der Waals surface area contributed by atoms with E-state index in [0.29, 0.717) is 6.10 Å². The van der Waals surface area contributed by atoms with Crippen molar-refractivity contribution in [2.45, 2.75) is 58.0 Å². The lowest BCUT2D eigenvalue weighted by Crippen LogP contribution is -2.20. The van der Waals surface area contributed by atoms with Crippen LogP contribution in [-0.4, -0.2) is 19.1 Å². The lowest BCUT2D eigenvalue weighted by molar-refractivity contribution is -0.121. The Balaban J connectivity index is 1.95. The van der Waals surface area contributed by atoms with E-state index in [1.165, 1.54) is 18.4 Å². The van der Waals surface area contributed by atoms with Crippen molar-refractivity contribution in [2.24, 2.45) is 11.7 Å². The van der Waals surface area contributed by atoms with Gasteiger partial charge in [0.25, 0.3) is 0 Å². The molecule has 1 aromatic rings. The molecule has 0 aliphatic heterocycles. The van der Waals surface area contributed by atoms with Gasteiger partial charge in [-0.25, -0.2) is 0 Å². The van der Waals surface area contributed by atoms with Crippen LogP contribution in [0.2, 0.25) is 0 Å². The highest BCUT2D eigenvalue weighted by molar-refractivity contribution is 5.76. The molecular formula is C18H27NO3. The second kappa shape index (κ2) is 8.06. The summed E-state index contributed by atoms with van der Waals surface area (Å²) in [6, 6.07) is 6.11. The number of carbonyl (C=O) groups is 1. The summed E-state index contributed by atoms with van der Waals surface area (Å²) in [5.74, 6) is 1.35. The van der Waals surface area contributed by atoms with E-state index in [2.05, 4.69) is 12.1 Å². The fraction of sp³-hybridized carbons (Fsp3) is 0.611. The van der Waals surface area contributed by atoms with E-state index in [-0.39, 0.29) is 11.8 Å². The van der Waals surface area contributed by atoms with Crippen LogP contribution in [0.15, 0.2) is 18.2 Å². The number of ether oxygens (including phenoxy) is 2. The Morgan fingerprint density at radius 3 is 2.68 bits per heavy atom. The zero-order chi connectivity index (χ0) is 15.9. The van der Waals surface area contributed by atoms with Crippen LogP contribution >= 0.6 is 0 Å². The Morgan fingerprint density at radius 1 is 1.32 bits per heavy atom. The largest absolute Gasteiger partial charge is 0.493 e. The van der Waals surface area contributed by atoms with Gasteiger partial charge in [0.2, 0.25) is 5.91 Å². The first-order chi connectivity index (χ1) is 10.6. The quantitative estimate of drug-likeness (QED) is 0.800. The Morgan fingerprint density at radius 2 is 2.05 bits per heavy atom. The summed E-state index contributed by atoms with van der Waals surface area (Å²) in [5.41, 5.74) is 6.51. The highest BCUT2D eigenvalue weighted by Crippen LogP contribution is 2.32. The first-order valence-corrected chi connectivity index (χ1v) is 8.23. The van der Waals surface area contributed by atoms with Gasteiger partial charge in [-0.3, -0.25) is 4.79 Å². The Labute approximate surface area is 133 Å². The van der Waals surface area contributed by atoms with E-state index in [4.69, 9.17) is 15.2 Å². The van der Waals surface area contributed by atoms with Crippen molar-refractivity contribution in [3.63, 3.8) is 0 Å². The van der Waals surface area contributed by atoms with Crippen molar-refractivity contribution in [3.8, 4) is 11.5 Å². The summed E-state index contributed by atoms with van der Waals surface area (Å²) in [6.07, 6.45) is 7.75. The zero-order valence-electron chi connectivity index (χ0n) is 13.6. The van der Waals surface area contributed by atoms with Crippen molar-refractivity contribution in [3.05, 3.63) is 23.8 Å². The summed E-state index contributed by atoms with van der Waals surface area (Å²) < 4.78 is 11.5. The molecule has 122 valence electrons. The van der Waals surface area contributed by atoms with Crippen LogP contribution in [0.3, 0.4) is 0 Å². The molecule has 1 unspecified atom stereocenters. The van der Waals surface area contributed by atoms with Crippen molar-refractivity contribution in [2.75, 3.05) is 7.11 Å². The van der Waals surface area contributed by atoms with Crippen LogP contribution in [0.4, 0.5) is 0 Å². The molecule has 0 bridgehead atoms. The molecule has 0 spiro atoms. The number of rotatable bonds is 8. The highest BCUT2D eigenvalue weighted by atomic mass is 16.5. The maximum atomic E-state index is 11.1. The maximum absolute atomic E-state index is 11.1. The van der Waals surface area contributed by atoms with Gasteiger partial charge in [-0.05, 0) is 62.6 Å². The number of carbonyl (C=O) groups excluding carboxylic acids is 1. The number of benzene rings is 1. The molecule has 1 atom stereocenters. The molecule has 2 rings (SSSR count). The molecule has 0 heterocycles. The van der Waals surface area contributed by atoms with Crippen LogP contribution in [0.1, 0.15) is 51.0 Å². The summed E-state index contributed by atoms with van der Waals surface area (Å²) in [6.45, 7) is 1.88. The third kappa shape index (κ3) is 4.65. The molecule has 4 heteroatoms. The summed E-state index contributed by atoms with van der Waals surface area (Å²) >= 11 is 0. The second-order valence-corrected chi connectivity index (χ2v) is 6.21. The van der Waals surface area contributed by atoms with Gasteiger partial charge in [-0.2, -0.15) is 0 Å². The minimum atomic E-state index is -0.222. The molecule has 1 aromatic carbocycles. The Kier molecular flexibility index (Phi) is 6.10. The van der Waals surface area contributed by atoms with Crippen LogP contribution in [0, 0.1) is 5.92 Å². The lowest BCUT2D eigenvalue weighted by Gasteiger charge is -2.17. The first-order valence-electron chi connectivity index (χ1n) is 8.23. The van der Waals surface area contributed by atoms with Crippen LogP contribution in [0.5, 0.6) is 11.5 Å². The molecule has 0 radical (unpaired) electrons. The molecule has 1 aliphatic rings. The van der Waals surface area contributed by atoms with Crippen molar-refractivity contribution in [1.29, 1.82) is 0 Å². The first kappa shape index (κ1) is 16.7. The third-order valence-corrected chi connectivity index (χ3v) is 4.41. The van der Waals surface area contributed by atoms with Crippen LogP contribution < -0.4 is 15.2 Å². The molecule has 22 heavy (non-hydrogen) atoms. The average molecular weight is 305 g/mol. The fourth-order valence-corrected chi connectivity index (χ4v) is 2.91. The van der Waals surface area contributed by atoms with Gasteiger partial charge in [0.15, 0.2) is 11.5 Å². The smallest absolute Gasteiger partial charge is 0.220 e. The average Bonchev–Trinajstić information content (AvgIpc) is 3.00. The maximum Gasteiger partial charge on any atom is 0.220 e. The predicted molar refractivity (Wildman–Crippen MR) is 87.2 cm³/mol. The normalized spacial score (nSPS) is 16.5. The Hall–Kier alpha value is -1.71. The number of nitrogens with two attached hydrogens (primary N) is 1. The lowest BCUT2D eigenvalue weighted by atomic mass is 10.0. The SMILES string of the molecule is COc1ccc(CCCC(C)C(N)=O)cc1OC1CCCC1. The number of amides is 1. The number of hydrogen-bond acceptors (Lipinski definition) is 3. The molecule has 1 saturated carbocycles. The van der Waals surface area contributed by atoms with Gasteiger partial charge in [0.05, 0.1) is 13.2 Å². The second-order valence-electron chi connectivity index (χ2n) is 6.21. The van der Waals surface area contributed by atoms with E-state index in [9.17, 15) is 4.79 Å². The number of methoxy groups -OCH3 is 1. The van der Waals surface area contributed by atoms with Gasteiger partial charge in [0, 0.05) is 5.92 Å². The third-order valence-electron chi connectivity index (χ3n) is 4.41. The molecule has 2 N–H and O–H groups in total. The van der Waals surface area contributed by atoms with Gasteiger partial charge >= 0.3 is 0 Å². The fourth-order valence-electron chi connectivity index (χ4n) is 2.91. The molecular weight excluding hydrogens is 278 g/mol. The summed E-state index contributed by atoms with van der Waals surface area (Å²) in [7, 11) is 1.67. The van der Waals surface area contributed by atoms with E-state index in [1.54, 1.807) is 7.11 Å². The van der Waals surface area contributed by atoms with E-state index >= 15 is 0 Å². The minimum absolute atomic E-state index is 0.0625. The van der Waals surface area contributed by atoms with E-state index in [1.807, 2.05) is 13.0 Å². The molecule has 4 nitrogen and oxygen atoms in total. The monoisotopic (exact) mass is 305 g/mol. The Bertz CT molecular complexity index is 495. The summed E-state index contributed by atoms with van der Waals surface area (Å²) in [5, 5.41) is 0. The van der Waals surface area contributed by atoms with Gasteiger partial charge in [-0.1, -0.05) is 13.0 Å². The van der Waals surface area contributed by atoms with Crippen molar-refractivity contribution < 1.29 is 14.3 Å². The van der Waals surface area contributed by atoms with Gasteiger partial charge < -0.3 is 15.2 Å². The predicted octanol–water partition coefficient (Wildman–Crippen LogP) is 3.46. The molecule has 1 fully saturated rings. The van der Waals surface area contributed by atoms with E-state index < -0.39 is 0 Å². The van der Waals surface area contributed by atoms with Crippen molar-refractivity contribution in [1.82, 2.24) is 0 Å². The minimum Gasteiger partial charge on any atom is -0.493 e. The summed E-state index contributed by atoms with van der Waals surface area (Å²) in [4.78, 5) is 11.1. The van der Waals surface area contributed by atoms with Crippen LogP contribution in [-0.2, 0) is 11.2 Å².